The molecule has 0 amide bonds. The lowest BCUT2D eigenvalue weighted by atomic mass is 9.92. The predicted molar refractivity (Wildman–Crippen MR) is 82.3 cm³/mol. The second kappa shape index (κ2) is 5.10. The van der Waals surface area contributed by atoms with Gasteiger partial charge in [0.05, 0.1) is 17.8 Å². The van der Waals surface area contributed by atoms with E-state index in [1.807, 2.05) is 0 Å². The Morgan fingerprint density at radius 2 is 2.00 bits per heavy atom. The minimum Gasteiger partial charge on any atom is -0.394 e. The maximum absolute atomic E-state index is 10.2. The van der Waals surface area contributed by atoms with E-state index >= 15 is 0 Å². The molecule has 0 spiro atoms. The van der Waals surface area contributed by atoms with Crippen LogP contribution in [0.3, 0.4) is 0 Å². The molecular weight excluding hydrogens is 262 g/mol. The summed E-state index contributed by atoms with van der Waals surface area (Å²) in [6.07, 6.45) is 9.92. The average Bonchev–Trinajstić information content (AvgIpc) is 3.38. The SMILES string of the molecule is Cc1nc2c(n1CC(CO)(NC1CC1)C1CC1)CCCC2. The Bertz CT molecular complexity index is 530. The van der Waals surface area contributed by atoms with Crippen molar-refractivity contribution in [3.05, 3.63) is 17.2 Å². The molecule has 1 aromatic rings. The lowest BCUT2D eigenvalue weighted by Gasteiger charge is -2.35. The van der Waals surface area contributed by atoms with E-state index in [1.165, 1.54) is 49.9 Å². The average molecular weight is 289 g/mol. The van der Waals surface area contributed by atoms with Crippen molar-refractivity contribution in [2.24, 2.45) is 5.92 Å². The first-order valence-corrected chi connectivity index (χ1v) is 8.65. The maximum atomic E-state index is 10.2. The van der Waals surface area contributed by atoms with Crippen LogP contribution in [0, 0.1) is 12.8 Å². The summed E-state index contributed by atoms with van der Waals surface area (Å²) in [5.41, 5.74) is 2.64. The molecule has 116 valence electrons. The van der Waals surface area contributed by atoms with Crippen LogP contribution in [0.25, 0.3) is 0 Å². The van der Waals surface area contributed by atoms with Crippen molar-refractivity contribution in [2.75, 3.05) is 6.61 Å². The summed E-state index contributed by atoms with van der Waals surface area (Å²) in [6.45, 7) is 3.28. The molecule has 21 heavy (non-hydrogen) atoms. The van der Waals surface area contributed by atoms with E-state index in [-0.39, 0.29) is 12.1 Å². The lowest BCUT2D eigenvalue weighted by Crippen LogP contribution is -2.55. The summed E-state index contributed by atoms with van der Waals surface area (Å²) in [5, 5.41) is 14.0. The summed E-state index contributed by atoms with van der Waals surface area (Å²) in [4.78, 5) is 4.80. The Morgan fingerprint density at radius 1 is 1.24 bits per heavy atom. The fourth-order valence-corrected chi connectivity index (χ4v) is 4.02. The van der Waals surface area contributed by atoms with Gasteiger partial charge in [0.1, 0.15) is 5.82 Å². The van der Waals surface area contributed by atoms with Crippen LogP contribution in [0.1, 0.15) is 55.7 Å². The maximum Gasteiger partial charge on any atom is 0.106 e. The highest BCUT2D eigenvalue weighted by atomic mass is 16.3. The largest absolute Gasteiger partial charge is 0.394 e. The van der Waals surface area contributed by atoms with Crippen LogP contribution in [-0.2, 0) is 19.4 Å². The molecule has 4 heteroatoms. The van der Waals surface area contributed by atoms with Crippen LogP contribution < -0.4 is 5.32 Å². The number of nitrogens with one attached hydrogen (secondary N) is 1. The molecule has 0 aromatic carbocycles. The molecule has 1 aromatic heterocycles. The Hall–Kier alpha value is -0.870. The van der Waals surface area contributed by atoms with Gasteiger partial charge in [-0.3, -0.25) is 0 Å². The van der Waals surface area contributed by atoms with E-state index in [9.17, 15) is 5.11 Å². The van der Waals surface area contributed by atoms with Gasteiger partial charge in [-0.15, -0.1) is 0 Å². The van der Waals surface area contributed by atoms with Crippen molar-refractivity contribution >= 4 is 0 Å². The van der Waals surface area contributed by atoms with Crippen molar-refractivity contribution in [1.29, 1.82) is 0 Å². The smallest absolute Gasteiger partial charge is 0.106 e. The number of aromatic nitrogens is 2. The second-order valence-corrected chi connectivity index (χ2v) is 7.35. The van der Waals surface area contributed by atoms with E-state index in [0.29, 0.717) is 12.0 Å². The monoisotopic (exact) mass is 289 g/mol. The lowest BCUT2D eigenvalue weighted by molar-refractivity contribution is 0.118. The zero-order valence-corrected chi connectivity index (χ0v) is 13.1. The number of aliphatic hydroxyl groups excluding tert-OH is 1. The van der Waals surface area contributed by atoms with Gasteiger partial charge in [-0.1, -0.05) is 0 Å². The molecule has 2 N–H and O–H groups in total. The topological polar surface area (TPSA) is 50.1 Å². The van der Waals surface area contributed by atoms with Crippen LogP contribution >= 0.6 is 0 Å². The van der Waals surface area contributed by atoms with Crippen LogP contribution in [0.15, 0.2) is 0 Å². The molecule has 4 rings (SSSR count). The molecule has 1 atom stereocenters. The molecule has 0 bridgehead atoms. The van der Waals surface area contributed by atoms with Gasteiger partial charge in [-0.25, -0.2) is 4.98 Å². The number of nitrogens with zero attached hydrogens (tertiary/aromatic N) is 2. The molecule has 0 radical (unpaired) electrons. The van der Waals surface area contributed by atoms with Crippen molar-refractivity contribution in [1.82, 2.24) is 14.9 Å². The Morgan fingerprint density at radius 3 is 2.67 bits per heavy atom. The summed E-state index contributed by atoms with van der Waals surface area (Å²) in [6, 6.07) is 0.636. The molecule has 1 heterocycles. The minimum absolute atomic E-state index is 0.113. The summed E-state index contributed by atoms with van der Waals surface area (Å²) < 4.78 is 2.42. The van der Waals surface area contributed by atoms with Gasteiger partial charge in [-0.2, -0.15) is 0 Å². The third kappa shape index (κ3) is 2.53. The predicted octanol–water partition coefficient (Wildman–Crippen LogP) is 1.96. The number of fused-ring (bicyclic) bond motifs is 1. The number of aryl methyl sites for hydroxylation is 2. The van der Waals surface area contributed by atoms with E-state index in [1.54, 1.807) is 0 Å². The van der Waals surface area contributed by atoms with Gasteiger partial charge in [-0.05, 0) is 64.2 Å². The van der Waals surface area contributed by atoms with Gasteiger partial charge < -0.3 is 15.0 Å². The third-order valence-corrected chi connectivity index (χ3v) is 5.57. The van der Waals surface area contributed by atoms with Gasteiger partial charge in [0.15, 0.2) is 0 Å². The molecule has 0 saturated heterocycles. The molecule has 4 nitrogen and oxygen atoms in total. The number of hydrogen-bond donors (Lipinski definition) is 2. The van der Waals surface area contributed by atoms with E-state index < -0.39 is 0 Å². The Kier molecular flexibility index (Phi) is 3.34. The van der Waals surface area contributed by atoms with Crippen molar-refractivity contribution in [3.8, 4) is 0 Å². The van der Waals surface area contributed by atoms with Crippen LogP contribution in [0.5, 0.6) is 0 Å². The van der Waals surface area contributed by atoms with Gasteiger partial charge in [0, 0.05) is 18.3 Å². The number of aliphatic hydroxyl groups is 1. The van der Waals surface area contributed by atoms with E-state index in [2.05, 4.69) is 16.8 Å². The molecular formula is C17H27N3O. The number of rotatable bonds is 6. The fraction of sp³-hybridized carbons (Fsp3) is 0.824. The fourth-order valence-electron chi connectivity index (χ4n) is 4.02. The molecule has 3 aliphatic carbocycles. The van der Waals surface area contributed by atoms with Crippen LogP contribution in [0.2, 0.25) is 0 Å². The summed E-state index contributed by atoms with van der Waals surface area (Å²) >= 11 is 0. The van der Waals surface area contributed by atoms with E-state index in [0.717, 1.165) is 25.2 Å². The normalized spacial score (nSPS) is 24.7. The zero-order chi connectivity index (χ0) is 14.4. The second-order valence-electron chi connectivity index (χ2n) is 7.35. The minimum atomic E-state index is -0.113. The molecule has 2 fully saturated rings. The van der Waals surface area contributed by atoms with Crippen molar-refractivity contribution in [3.63, 3.8) is 0 Å². The van der Waals surface area contributed by atoms with Gasteiger partial charge >= 0.3 is 0 Å². The van der Waals surface area contributed by atoms with Gasteiger partial charge in [0.25, 0.3) is 0 Å². The molecule has 2 saturated carbocycles. The molecule has 1 unspecified atom stereocenters. The Balaban J connectivity index is 1.64. The first-order valence-electron chi connectivity index (χ1n) is 8.65. The van der Waals surface area contributed by atoms with Gasteiger partial charge in [0.2, 0.25) is 0 Å². The summed E-state index contributed by atoms with van der Waals surface area (Å²) in [5.74, 6) is 1.78. The first kappa shape index (κ1) is 13.8. The highest BCUT2D eigenvalue weighted by Gasteiger charge is 2.48. The molecule has 3 aliphatic rings. The quantitative estimate of drug-likeness (QED) is 0.842. The highest BCUT2D eigenvalue weighted by Crippen LogP contribution is 2.43. The number of imidazole rings is 1. The van der Waals surface area contributed by atoms with Crippen LogP contribution in [0.4, 0.5) is 0 Å². The van der Waals surface area contributed by atoms with E-state index in [4.69, 9.17) is 4.98 Å². The standard InChI is InChI=1S/C17H27N3O/c1-12-18-15-4-2-3-5-16(15)20(12)10-17(11-21,13-6-7-13)19-14-8-9-14/h13-14,19,21H,2-11H2,1H3. The third-order valence-electron chi connectivity index (χ3n) is 5.57. The summed E-state index contributed by atoms with van der Waals surface area (Å²) in [7, 11) is 0. The van der Waals surface area contributed by atoms with Crippen LogP contribution in [-0.4, -0.2) is 32.8 Å². The number of hydrogen-bond acceptors (Lipinski definition) is 3. The molecule has 0 aliphatic heterocycles. The van der Waals surface area contributed by atoms with Crippen molar-refractivity contribution < 1.29 is 5.11 Å². The first-order chi connectivity index (χ1) is 10.2. The zero-order valence-electron chi connectivity index (χ0n) is 13.1. The van der Waals surface area contributed by atoms with Crippen molar-refractivity contribution in [2.45, 2.75) is 76.4 Å². The highest BCUT2D eigenvalue weighted by molar-refractivity contribution is 5.21. The Labute approximate surface area is 127 Å².